The number of methoxy groups -OCH3 is 1. The lowest BCUT2D eigenvalue weighted by molar-refractivity contribution is -0.103. The summed E-state index contributed by atoms with van der Waals surface area (Å²) >= 11 is 6.10. The first-order chi connectivity index (χ1) is 13.0. The molecule has 0 aromatic heterocycles. The topological polar surface area (TPSA) is 32.8 Å². The number of hydrogen-bond acceptors (Lipinski definition) is 4. The van der Waals surface area contributed by atoms with E-state index in [0.29, 0.717) is 10.6 Å². The van der Waals surface area contributed by atoms with Gasteiger partial charge in [-0.1, -0.05) is 23.7 Å². The van der Waals surface area contributed by atoms with E-state index in [-0.39, 0.29) is 0 Å². The fraction of sp³-hybridized carbons (Fsp3) is 0.318. The van der Waals surface area contributed by atoms with Crippen molar-refractivity contribution in [1.29, 1.82) is 0 Å². The molecule has 0 aliphatic carbocycles. The van der Waals surface area contributed by atoms with Crippen molar-refractivity contribution in [3.8, 4) is 5.75 Å². The molecule has 1 aliphatic rings. The predicted molar refractivity (Wildman–Crippen MR) is 113 cm³/mol. The van der Waals surface area contributed by atoms with E-state index in [1.54, 1.807) is 19.2 Å². The van der Waals surface area contributed by atoms with E-state index in [1.165, 1.54) is 0 Å². The highest BCUT2D eigenvalue weighted by Crippen LogP contribution is 2.34. The fourth-order valence-electron chi connectivity index (χ4n) is 3.43. The van der Waals surface area contributed by atoms with Crippen molar-refractivity contribution in [3.05, 3.63) is 58.6 Å². The molecule has 0 amide bonds. The van der Waals surface area contributed by atoms with Crippen LogP contribution in [0.25, 0.3) is 11.1 Å². The Morgan fingerprint density at radius 3 is 2.48 bits per heavy atom. The van der Waals surface area contributed by atoms with Gasteiger partial charge in [0.25, 0.3) is 0 Å². The number of rotatable bonds is 5. The Labute approximate surface area is 166 Å². The van der Waals surface area contributed by atoms with Crippen LogP contribution >= 0.6 is 11.6 Å². The zero-order chi connectivity index (χ0) is 19.4. The number of aldehydes is 1. The van der Waals surface area contributed by atoms with Crippen LogP contribution in [0, 0.1) is 0 Å². The Hall–Kier alpha value is -2.30. The van der Waals surface area contributed by atoms with E-state index in [2.05, 4.69) is 29.0 Å². The van der Waals surface area contributed by atoms with E-state index >= 15 is 0 Å². The Kier molecular flexibility index (Phi) is 6.19. The molecule has 0 bridgehead atoms. The molecule has 0 unspecified atom stereocenters. The molecule has 4 nitrogen and oxygen atoms in total. The average Bonchev–Trinajstić information content (AvgIpc) is 2.68. The van der Waals surface area contributed by atoms with Gasteiger partial charge in [-0.25, -0.2) is 0 Å². The van der Waals surface area contributed by atoms with Gasteiger partial charge in [0.05, 0.1) is 7.11 Å². The van der Waals surface area contributed by atoms with Gasteiger partial charge in [0.15, 0.2) is 6.29 Å². The molecule has 3 rings (SSSR count). The Morgan fingerprint density at radius 1 is 1.11 bits per heavy atom. The Morgan fingerprint density at radius 2 is 1.85 bits per heavy atom. The SMILES string of the molecule is COc1cc(N2CCN(C)CC2)ccc1/C(C)=C(\C=O)c1cccc(Cl)c1. The van der Waals surface area contributed by atoms with Gasteiger partial charge in [-0.05, 0) is 49.4 Å². The van der Waals surface area contributed by atoms with Crippen LogP contribution in [-0.2, 0) is 4.79 Å². The minimum Gasteiger partial charge on any atom is -0.496 e. The van der Waals surface area contributed by atoms with Crippen molar-refractivity contribution in [2.24, 2.45) is 0 Å². The number of ether oxygens (including phenoxy) is 1. The number of carbonyl (C=O) groups is 1. The second-order valence-electron chi connectivity index (χ2n) is 6.84. The van der Waals surface area contributed by atoms with E-state index in [9.17, 15) is 4.79 Å². The number of carbonyl (C=O) groups excluding carboxylic acids is 1. The van der Waals surface area contributed by atoms with Crippen LogP contribution < -0.4 is 9.64 Å². The largest absolute Gasteiger partial charge is 0.496 e. The molecule has 0 spiro atoms. The summed E-state index contributed by atoms with van der Waals surface area (Å²) < 4.78 is 5.66. The number of benzene rings is 2. The van der Waals surface area contributed by atoms with Crippen molar-refractivity contribution < 1.29 is 9.53 Å². The molecule has 1 saturated heterocycles. The molecule has 2 aromatic rings. The highest BCUT2D eigenvalue weighted by atomic mass is 35.5. The molecular weight excluding hydrogens is 360 g/mol. The third-order valence-electron chi connectivity index (χ3n) is 5.12. The fourth-order valence-corrected chi connectivity index (χ4v) is 3.62. The number of allylic oxidation sites excluding steroid dienone is 2. The third kappa shape index (κ3) is 4.34. The summed E-state index contributed by atoms with van der Waals surface area (Å²) in [5.41, 5.74) is 4.35. The van der Waals surface area contributed by atoms with E-state index in [0.717, 1.165) is 60.6 Å². The molecular formula is C22H25ClN2O2. The van der Waals surface area contributed by atoms with E-state index in [4.69, 9.17) is 16.3 Å². The molecule has 5 heteroatoms. The van der Waals surface area contributed by atoms with Crippen molar-refractivity contribution in [2.75, 3.05) is 45.2 Å². The van der Waals surface area contributed by atoms with E-state index in [1.807, 2.05) is 25.1 Å². The van der Waals surface area contributed by atoms with E-state index < -0.39 is 0 Å². The van der Waals surface area contributed by atoms with Crippen molar-refractivity contribution in [2.45, 2.75) is 6.92 Å². The van der Waals surface area contributed by atoms with Crippen molar-refractivity contribution in [1.82, 2.24) is 4.90 Å². The van der Waals surface area contributed by atoms with Crippen LogP contribution in [-0.4, -0.2) is 51.5 Å². The number of piperazine rings is 1. The zero-order valence-electron chi connectivity index (χ0n) is 16.0. The molecule has 1 fully saturated rings. The molecule has 0 radical (unpaired) electrons. The number of hydrogen-bond donors (Lipinski definition) is 0. The van der Waals surface area contributed by atoms with Crippen LogP contribution in [0.15, 0.2) is 42.5 Å². The zero-order valence-corrected chi connectivity index (χ0v) is 16.8. The lowest BCUT2D eigenvalue weighted by Gasteiger charge is -2.34. The van der Waals surface area contributed by atoms with Gasteiger partial charge in [0.1, 0.15) is 5.75 Å². The lowest BCUT2D eigenvalue weighted by Crippen LogP contribution is -2.44. The molecule has 27 heavy (non-hydrogen) atoms. The first kappa shape index (κ1) is 19.5. The lowest BCUT2D eigenvalue weighted by atomic mass is 9.95. The van der Waals surface area contributed by atoms with Crippen LogP contribution in [0.3, 0.4) is 0 Å². The van der Waals surface area contributed by atoms with Gasteiger partial charge in [-0.15, -0.1) is 0 Å². The van der Waals surface area contributed by atoms with Crippen LogP contribution in [0.5, 0.6) is 5.75 Å². The minimum atomic E-state index is 0.608. The maximum Gasteiger partial charge on any atom is 0.150 e. The van der Waals surface area contributed by atoms with Crippen LogP contribution in [0.2, 0.25) is 5.02 Å². The van der Waals surface area contributed by atoms with Gasteiger partial charge >= 0.3 is 0 Å². The van der Waals surface area contributed by atoms with Crippen molar-refractivity contribution >= 4 is 34.7 Å². The summed E-state index contributed by atoms with van der Waals surface area (Å²) in [6.07, 6.45) is 0.884. The number of nitrogens with zero attached hydrogens (tertiary/aromatic N) is 2. The van der Waals surface area contributed by atoms with Gasteiger partial charge in [-0.2, -0.15) is 0 Å². The number of likely N-dealkylation sites (N-methyl/N-ethyl adjacent to an activating group) is 1. The van der Waals surface area contributed by atoms with Gasteiger partial charge in [0, 0.05) is 54.1 Å². The maximum atomic E-state index is 11.8. The Bertz CT molecular complexity index is 855. The molecule has 0 N–H and O–H groups in total. The average molecular weight is 385 g/mol. The minimum absolute atomic E-state index is 0.608. The summed E-state index contributed by atoms with van der Waals surface area (Å²) in [6, 6.07) is 13.5. The second kappa shape index (κ2) is 8.59. The number of halogens is 1. The highest BCUT2D eigenvalue weighted by molar-refractivity contribution is 6.31. The number of anilines is 1. The molecule has 2 aromatic carbocycles. The predicted octanol–water partition coefficient (Wildman–Crippen LogP) is 4.23. The molecule has 0 atom stereocenters. The molecule has 1 heterocycles. The maximum absolute atomic E-state index is 11.8. The summed E-state index contributed by atoms with van der Waals surface area (Å²) in [5, 5.41) is 0.608. The van der Waals surface area contributed by atoms with Gasteiger partial charge in [0.2, 0.25) is 0 Å². The summed E-state index contributed by atoms with van der Waals surface area (Å²) in [7, 11) is 3.81. The first-order valence-electron chi connectivity index (χ1n) is 9.07. The second-order valence-corrected chi connectivity index (χ2v) is 7.28. The third-order valence-corrected chi connectivity index (χ3v) is 5.35. The molecule has 0 saturated carbocycles. The monoisotopic (exact) mass is 384 g/mol. The molecule has 1 aliphatic heterocycles. The van der Waals surface area contributed by atoms with Crippen LogP contribution in [0.1, 0.15) is 18.1 Å². The summed E-state index contributed by atoms with van der Waals surface area (Å²) in [6.45, 7) is 6.03. The highest BCUT2D eigenvalue weighted by Gasteiger charge is 2.17. The van der Waals surface area contributed by atoms with Gasteiger partial charge in [-0.3, -0.25) is 4.79 Å². The normalized spacial score (nSPS) is 16.1. The van der Waals surface area contributed by atoms with Gasteiger partial charge < -0.3 is 14.5 Å². The Balaban J connectivity index is 1.98. The quantitative estimate of drug-likeness (QED) is 0.438. The summed E-state index contributed by atoms with van der Waals surface area (Å²) in [4.78, 5) is 16.5. The summed E-state index contributed by atoms with van der Waals surface area (Å²) in [5.74, 6) is 0.769. The standard InChI is InChI=1S/C22H25ClN2O2/c1-16(21(15-26)17-5-4-6-18(23)13-17)20-8-7-19(14-22(20)27-3)25-11-9-24(2)10-12-25/h4-8,13-15H,9-12H2,1-3H3/b21-16+. The molecule has 142 valence electrons. The van der Waals surface area contributed by atoms with Crippen LogP contribution in [0.4, 0.5) is 5.69 Å². The van der Waals surface area contributed by atoms with Crippen molar-refractivity contribution in [3.63, 3.8) is 0 Å². The smallest absolute Gasteiger partial charge is 0.150 e. The first-order valence-corrected chi connectivity index (χ1v) is 9.45.